The van der Waals surface area contributed by atoms with Gasteiger partial charge in [-0.05, 0) is 42.3 Å². The maximum atomic E-state index is 12.8. The lowest BCUT2D eigenvalue weighted by Gasteiger charge is -2.08. The van der Waals surface area contributed by atoms with Crippen molar-refractivity contribution in [2.45, 2.75) is 19.8 Å². The first-order chi connectivity index (χ1) is 11.9. The highest BCUT2D eigenvalue weighted by atomic mass is 35.5. The third-order valence-electron chi connectivity index (χ3n) is 3.33. The summed E-state index contributed by atoms with van der Waals surface area (Å²) >= 11 is 5.89. The largest absolute Gasteiger partial charge is 0.326 e. The molecule has 25 heavy (non-hydrogen) atoms. The van der Waals surface area contributed by atoms with Gasteiger partial charge in [0.1, 0.15) is 5.82 Å². The van der Waals surface area contributed by atoms with Gasteiger partial charge in [0.25, 0.3) is 0 Å². The second-order valence-corrected chi connectivity index (χ2v) is 5.79. The van der Waals surface area contributed by atoms with E-state index in [1.54, 1.807) is 18.2 Å². The van der Waals surface area contributed by atoms with Crippen molar-refractivity contribution in [2.75, 3.05) is 5.32 Å². The Labute approximate surface area is 149 Å². The summed E-state index contributed by atoms with van der Waals surface area (Å²) < 4.78 is 12.8. The molecule has 2 N–H and O–H groups in total. The lowest BCUT2D eigenvalue weighted by Crippen LogP contribution is -2.20. The summed E-state index contributed by atoms with van der Waals surface area (Å²) in [6.45, 7) is 1.85. The number of benzene rings is 2. The fraction of sp³-hybridized carbons (Fsp3) is 0.167. The lowest BCUT2D eigenvalue weighted by molar-refractivity contribution is -0.124. The summed E-state index contributed by atoms with van der Waals surface area (Å²) in [5, 5.41) is 7.00. The Hall–Kier alpha value is -2.73. The average Bonchev–Trinajstić information content (AvgIpc) is 2.58. The molecule has 0 spiro atoms. The first kappa shape index (κ1) is 18.6. The molecule has 0 bridgehead atoms. The van der Waals surface area contributed by atoms with Gasteiger partial charge in [0.2, 0.25) is 11.8 Å². The standard InChI is InChI=1S/C18H17ClFN3O2/c1-12-2-5-14(19)10-16(12)22-17(24)8-9-18(25)23-21-11-13-3-6-15(20)7-4-13/h2-7,10-11H,8-9H2,1H3,(H,22,24)(H,23,25). The van der Waals surface area contributed by atoms with Crippen molar-refractivity contribution < 1.29 is 14.0 Å². The van der Waals surface area contributed by atoms with Gasteiger partial charge in [0, 0.05) is 23.6 Å². The summed E-state index contributed by atoms with van der Waals surface area (Å²) in [6.07, 6.45) is 1.41. The zero-order valence-electron chi connectivity index (χ0n) is 13.6. The summed E-state index contributed by atoms with van der Waals surface area (Å²) in [6, 6.07) is 10.9. The fourth-order valence-electron chi connectivity index (χ4n) is 1.95. The summed E-state index contributed by atoms with van der Waals surface area (Å²) in [5.41, 5.74) is 4.47. The molecule has 0 saturated heterocycles. The molecular formula is C18H17ClFN3O2. The molecule has 0 aromatic heterocycles. The highest BCUT2D eigenvalue weighted by molar-refractivity contribution is 6.31. The molecule has 7 heteroatoms. The third-order valence-corrected chi connectivity index (χ3v) is 3.56. The van der Waals surface area contributed by atoms with Crippen LogP contribution in [0.15, 0.2) is 47.6 Å². The summed E-state index contributed by atoms with van der Waals surface area (Å²) in [7, 11) is 0. The van der Waals surface area contributed by atoms with Crippen LogP contribution in [-0.2, 0) is 9.59 Å². The smallest absolute Gasteiger partial charge is 0.240 e. The number of nitrogens with zero attached hydrogens (tertiary/aromatic N) is 1. The lowest BCUT2D eigenvalue weighted by atomic mass is 10.2. The van der Waals surface area contributed by atoms with Gasteiger partial charge in [-0.2, -0.15) is 5.10 Å². The highest BCUT2D eigenvalue weighted by Crippen LogP contribution is 2.20. The molecule has 0 aliphatic heterocycles. The van der Waals surface area contributed by atoms with Gasteiger partial charge in [-0.25, -0.2) is 9.82 Å². The van der Waals surface area contributed by atoms with Gasteiger partial charge in [-0.3, -0.25) is 9.59 Å². The molecule has 2 amide bonds. The van der Waals surface area contributed by atoms with E-state index >= 15 is 0 Å². The number of carbonyl (C=O) groups excluding carboxylic acids is 2. The Kier molecular flexibility index (Phi) is 6.65. The number of hydrazone groups is 1. The normalized spacial score (nSPS) is 10.7. The predicted octanol–water partition coefficient (Wildman–Crippen LogP) is 3.66. The van der Waals surface area contributed by atoms with Crippen LogP contribution in [0.3, 0.4) is 0 Å². The number of nitrogens with one attached hydrogen (secondary N) is 2. The van der Waals surface area contributed by atoms with Crippen LogP contribution in [0.5, 0.6) is 0 Å². The molecule has 130 valence electrons. The minimum absolute atomic E-state index is 0.00773. The highest BCUT2D eigenvalue weighted by Gasteiger charge is 2.08. The zero-order valence-corrected chi connectivity index (χ0v) is 14.3. The van der Waals surface area contributed by atoms with E-state index in [0.29, 0.717) is 16.3 Å². The number of carbonyl (C=O) groups is 2. The van der Waals surface area contributed by atoms with E-state index in [1.807, 2.05) is 6.92 Å². The van der Waals surface area contributed by atoms with E-state index in [0.717, 1.165) is 5.56 Å². The maximum absolute atomic E-state index is 12.8. The molecular weight excluding hydrogens is 345 g/mol. The first-order valence-electron chi connectivity index (χ1n) is 7.57. The van der Waals surface area contributed by atoms with E-state index in [1.165, 1.54) is 30.5 Å². The van der Waals surface area contributed by atoms with Crippen LogP contribution in [0.1, 0.15) is 24.0 Å². The first-order valence-corrected chi connectivity index (χ1v) is 7.95. The molecule has 2 rings (SSSR count). The quantitative estimate of drug-likeness (QED) is 0.609. The van der Waals surface area contributed by atoms with Crippen molar-refractivity contribution in [3.05, 3.63) is 64.4 Å². The molecule has 2 aromatic rings. The van der Waals surface area contributed by atoms with Gasteiger partial charge < -0.3 is 5.32 Å². The van der Waals surface area contributed by atoms with Crippen molar-refractivity contribution in [1.82, 2.24) is 5.43 Å². The predicted molar refractivity (Wildman–Crippen MR) is 96.2 cm³/mol. The van der Waals surface area contributed by atoms with Crippen molar-refractivity contribution in [1.29, 1.82) is 0 Å². The molecule has 0 radical (unpaired) electrons. The van der Waals surface area contributed by atoms with Crippen LogP contribution >= 0.6 is 11.6 Å². The number of rotatable bonds is 6. The van der Waals surface area contributed by atoms with Crippen molar-refractivity contribution in [3.63, 3.8) is 0 Å². The number of halogens is 2. The summed E-state index contributed by atoms with van der Waals surface area (Å²) in [5.74, 6) is -1.03. The molecule has 0 saturated carbocycles. The van der Waals surface area contributed by atoms with Gasteiger partial charge in [-0.1, -0.05) is 29.8 Å². The van der Waals surface area contributed by atoms with Crippen LogP contribution in [-0.4, -0.2) is 18.0 Å². The molecule has 0 aliphatic rings. The Balaban J connectivity index is 1.76. The average molecular weight is 362 g/mol. The molecule has 0 aliphatic carbocycles. The van der Waals surface area contributed by atoms with Crippen LogP contribution < -0.4 is 10.7 Å². The van der Waals surface area contributed by atoms with E-state index in [-0.39, 0.29) is 24.6 Å². The molecule has 0 atom stereocenters. The Morgan fingerprint density at radius 1 is 1.12 bits per heavy atom. The van der Waals surface area contributed by atoms with E-state index < -0.39 is 5.91 Å². The van der Waals surface area contributed by atoms with Gasteiger partial charge >= 0.3 is 0 Å². The second kappa shape index (κ2) is 8.94. The molecule has 5 nitrogen and oxygen atoms in total. The van der Waals surface area contributed by atoms with E-state index in [9.17, 15) is 14.0 Å². The topological polar surface area (TPSA) is 70.6 Å². The zero-order chi connectivity index (χ0) is 18.2. The Bertz CT molecular complexity index is 791. The minimum atomic E-state index is -0.392. The summed E-state index contributed by atoms with van der Waals surface area (Å²) in [4.78, 5) is 23.6. The Morgan fingerprint density at radius 2 is 1.80 bits per heavy atom. The SMILES string of the molecule is Cc1ccc(Cl)cc1NC(=O)CCC(=O)NN=Cc1ccc(F)cc1. The van der Waals surface area contributed by atoms with E-state index in [4.69, 9.17) is 11.6 Å². The van der Waals surface area contributed by atoms with Crippen molar-refractivity contribution in [2.24, 2.45) is 5.10 Å². The maximum Gasteiger partial charge on any atom is 0.240 e. The van der Waals surface area contributed by atoms with Gasteiger partial charge in [0.05, 0.1) is 6.21 Å². The molecule has 0 heterocycles. The third kappa shape index (κ3) is 6.35. The number of amides is 2. The van der Waals surface area contributed by atoms with Crippen molar-refractivity contribution >= 4 is 35.3 Å². The second-order valence-electron chi connectivity index (χ2n) is 5.35. The Morgan fingerprint density at radius 3 is 2.52 bits per heavy atom. The number of hydrogen-bond acceptors (Lipinski definition) is 3. The van der Waals surface area contributed by atoms with Crippen LogP contribution in [0.4, 0.5) is 10.1 Å². The number of aryl methyl sites for hydroxylation is 1. The molecule has 2 aromatic carbocycles. The van der Waals surface area contributed by atoms with Crippen LogP contribution in [0.2, 0.25) is 5.02 Å². The van der Waals surface area contributed by atoms with E-state index in [2.05, 4.69) is 15.8 Å². The number of hydrogen-bond donors (Lipinski definition) is 2. The van der Waals surface area contributed by atoms with Gasteiger partial charge in [0.15, 0.2) is 0 Å². The van der Waals surface area contributed by atoms with Gasteiger partial charge in [-0.15, -0.1) is 0 Å². The van der Waals surface area contributed by atoms with Crippen LogP contribution in [0.25, 0.3) is 0 Å². The molecule has 0 unspecified atom stereocenters. The number of anilines is 1. The minimum Gasteiger partial charge on any atom is -0.326 e. The van der Waals surface area contributed by atoms with Crippen molar-refractivity contribution in [3.8, 4) is 0 Å². The molecule has 0 fully saturated rings. The fourth-order valence-corrected chi connectivity index (χ4v) is 2.12. The van der Waals surface area contributed by atoms with Crippen LogP contribution in [0, 0.1) is 12.7 Å². The monoisotopic (exact) mass is 361 g/mol.